The summed E-state index contributed by atoms with van der Waals surface area (Å²) in [6, 6.07) is 1.69. The summed E-state index contributed by atoms with van der Waals surface area (Å²) in [5.74, 6) is -3.20. The lowest BCUT2D eigenvalue weighted by Gasteiger charge is -2.49. The van der Waals surface area contributed by atoms with E-state index in [9.17, 15) is 24.3 Å². The smallest absolute Gasteiger partial charge is 0.359 e. The van der Waals surface area contributed by atoms with E-state index in [1.54, 1.807) is 17.5 Å². The molecule has 0 spiro atoms. The first-order valence-electron chi connectivity index (χ1n) is 9.05. The van der Waals surface area contributed by atoms with Gasteiger partial charge in [0, 0.05) is 16.4 Å². The minimum absolute atomic E-state index is 0.109. The molecule has 0 bridgehead atoms. The van der Waals surface area contributed by atoms with Crippen molar-refractivity contribution in [1.82, 2.24) is 25.6 Å². The maximum absolute atomic E-state index is 12.7. The molecule has 15 heteroatoms. The summed E-state index contributed by atoms with van der Waals surface area (Å²) in [6.45, 7) is 0. The second-order valence-corrected chi connectivity index (χ2v) is 9.77. The molecular weight excluding hydrogens is 480 g/mol. The zero-order chi connectivity index (χ0) is 23.0. The van der Waals surface area contributed by atoms with Gasteiger partial charge in [0.15, 0.2) is 5.03 Å². The molecule has 1 fully saturated rings. The van der Waals surface area contributed by atoms with E-state index in [2.05, 4.69) is 20.7 Å². The van der Waals surface area contributed by atoms with Crippen LogP contribution in [-0.2, 0) is 14.4 Å². The average Bonchev–Trinajstić information content (AvgIpc) is 3.46. The number of nitrogens with two attached hydrogens (primary N) is 1. The molecule has 2 aliphatic rings. The minimum Gasteiger partial charge on any atom is -0.477 e. The van der Waals surface area contributed by atoms with Crippen molar-refractivity contribution in [2.24, 2.45) is 5.73 Å². The lowest BCUT2D eigenvalue weighted by atomic mass is 10.0. The molecule has 4 rings (SSSR count). The Balaban J connectivity index is 1.47. The van der Waals surface area contributed by atoms with Crippen LogP contribution in [0.4, 0.5) is 0 Å². The Morgan fingerprint density at radius 3 is 2.78 bits per heavy atom. The molecule has 2 aliphatic heterocycles. The molecule has 3 atom stereocenters. The van der Waals surface area contributed by atoms with E-state index in [1.807, 2.05) is 0 Å². The Hall–Kier alpha value is -2.88. The van der Waals surface area contributed by atoms with Crippen LogP contribution in [0.15, 0.2) is 33.8 Å². The number of hydrogen-bond donors (Lipinski definition) is 5. The molecule has 0 saturated carbocycles. The summed E-state index contributed by atoms with van der Waals surface area (Å²) in [5, 5.41) is 32.3. The Kier molecular flexibility index (Phi) is 6.23. The third-order valence-electron chi connectivity index (χ3n) is 4.78. The normalized spacial score (nSPS) is 21.0. The van der Waals surface area contributed by atoms with Crippen LogP contribution in [0.2, 0.25) is 0 Å². The summed E-state index contributed by atoms with van der Waals surface area (Å²) >= 11 is 3.64. The number of thiophene rings is 1. The van der Waals surface area contributed by atoms with Crippen molar-refractivity contribution in [3.8, 4) is 0 Å². The van der Waals surface area contributed by atoms with Crippen molar-refractivity contribution in [2.75, 3.05) is 11.5 Å². The van der Waals surface area contributed by atoms with E-state index in [1.165, 1.54) is 23.1 Å². The number of rotatable bonds is 8. The molecule has 2 amide bonds. The summed E-state index contributed by atoms with van der Waals surface area (Å²) in [4.78, 5) is 50.1. The molecule has 168 valence electrons. The van der Waals surface area contributed by atoms with Gasteiger partial charge in [0.2, 0.25) is 11.6 Å². The second kappa shape index (κ2) is 8.93. The predicted molar refractivity (Wildman–Crippen MR) is 115 cm³/mol. The Labute approximate surface area is 192 Å². The van der Waals surface area contributed by atoms with Crippen LogP contribution in [0.5, 0.6) is 0 Å². The summed E-state index contributed by atoms with van der Waals surface area (Å²) in [7, 11) is 0. The van der Waals surface area contributed by atoms with Crippen molar-refractivity contribution in [1.29, 1.82) is 0 Å². The van der Waals surface area contributed by atoms with Crippen LogP contribution in [0.25, 0.3) is 0 Å². The fraction of sp³-hybridized carbons (Fsp3) is 0.294. The number of carboxylic acids is 2. The first-order valence-corrected chi connectivity index (χ1v) is 12.0. The van der Waals surface area contributed by atoms with Gasteiger partial charge in [-0.05, 0) is 17.0 Å². The highest BCUT2D eigenvalue weighted by Crippen LogP contribution is 2.41. The van der Waals surface area contributed by atoms with Crippen molar-refractivity contribution in [3.63, 3.8) is 0 Å². The molecule has 1 saturated heterocycles. The predicted octanol–water partition coefficient (Wildman–Crippen LogP) is 0.0951. The molecule has 6 N–H and O–H groups in total. The van der Waals surface area contributed by atoms with Crippen LogP contribution in [0.1, 0.15) is 21.4 Å². The average molecular weight is 497 g/mol. The maximum Gasteiger partial charge on any atom is 0.359 e. The number of H-pyrrole nitrogens is 1. The SMILES string of the molecule is NC(C(=O)NC1C(=O)N2C(C(=O)O)=C(CSc3n[nH]nc3C(=O)O)CS[C@H]12)c1cccs1. The van der Waals surface area contributed by atoms with E-state index < -0.39 is 41.2 Å². The largest absolute Gasteiger partial charge is 0.477 e. The highest BCUT2D eigenvalue weighted by molar-refractivity contribution is 8.01. The number of amides is 2. The van der Waals surface area contributed by atoms with Gasteiger partial charge in [-0.25, -0.2) is 9.59 Å². The number of aliphatic carboxylic acids is 1. The summed E-state index contributed by atoms with van der Waals surface area (Å²) in [6.07, 6.45) is 0. The fourth-order valence-electron chi connectivity index (χ4n) is 3.25. The van der Waals surface area contributed by atoms with Crippen LogP contribution in [-0.4, -0.2) is 77.2 Å². The van der Waals surface area contributed by atoms with Gasteiger partial charge in [0.05, 0.1) is 0 Å². The van der Waals surface area contributed by atoms with Crippen molar-refractivity contribution < 1.29 is 29.4 Å². The maximum atomic E-state index is 12.7. The summed E-state index contributed by atoms with van der Waals surface area (Å²) < 4.78 is 0. The number of nitrogens with zero attached hydrogens (tertiary/aromatic N) is 3. The molecule has 2 aromatic heterocycles. The molecule has 0 aromatic carbocycles. The third-order valence-corrected chi connectivity index (χ3v) is 8.13. The molecule has 2 aromatic rings. The van der Waals surface area contributed by atoms with E-state index in [0.717, 1.165) is 16.7 Å². The fourth-order valence-corrected chi connectivity index (χ4v) is 6.38. The van der Waals surface area contributed by atoms with Gasteiger partial charge in [-0.15, -0.1) is 33.3 Å². The molecule has 0 aliphatic carbocycles. The Morgan fingerprint density at radius 1 is 1.34 bits per heavy atom. The van der Waals surface area contributed by atoms with Gasteiger partial charge in [-0.2, -0.15) is 5.21 Å². The number of hydrogen-bond acceptors (Lipinski definition) is 10. The van der Waals surface area contributed by atoms with Gasteiger partial charge in [-0.3, -0.25) is 14.5 Å². The third kappa shape index (κ3) is 3.99. The molecule has 32 heavy (non-hydrogen) atoms. The number of nitrogens with one attached hydrogen (secondary N) is 2. The van der Waals surface area contributed by atoms with E-state index >= 15 is 0 Å². The lowest BCUT2D eigenvalue weighted by molar-refractivity contribution is -0.150. The van der Waals surface area contributed by atoms with Crippen molar-refractivity contribution in [3.05, 3.63) is 39.4 Å². The molecule has 2 unspecified atom stereocenters. The van der Waals surface area contributed by atoms with E-state index in [-0.39, 0.29) is 27.9 Å². The first-order chi connectivity index (χ1) is 15.3. The quantitative estimate of drug-likeness (QED) is 0.246. The number of fused-ring (bicyclic) bond motifs is 1. The number of carbonyl (C=O) groups excluding carboxylic acids is 2. The van der Waals surface area contributed by atoms with Crippen molar-refractivity contribution >= 4 is 58.6 Å². The minimum atomic E-state index is -1.28. The van der Waals surface area contributed by atoms with Crippen LogP contribution in [0.3, 0.4) is 0 Å². The highest BCUT2D eigenvalue weighted by Gasteiger charge is 2.54. The molecule has 0 radical (unpaired) electrons. The Bertz CT molecular complexity index is 1120. The van der Waals surface area contributed by atoms with Crippen LogP contribution >= 0.6 is 34.9 Å². The number of carboxylic acid groups (broad SMARTS) is 2. The van der Waals surface area contributed by atoms with Crippen LogP contribution < -0.4 is 11.1 Å². The molecule has 4 heterocycles. The van der Waals surface area contributed by atoms with Gasteiger partial charge in [0.25, 0.3) is 5.91 Å². The number of thioether (sulfide) groups is 2. The summed E-state index contributed by atoms with van der Waals surface area (Å²) in [5.41, 5.74) is 5.95. The van der Waals surface area contributed by atoms with Gasteiger partial charge in [0.1, 0.15) is 23.2 Å². The van der Waals surface area contributed by atoms with Crippen LogP contribution in [0, 0.1) is 0 Å². The number of aromatic carboxylic acids is 1. The monoisotopic (exact) mass is 496 g/mol. The zero-order valence-electron chi connectivity index (χ0n) is 16.0. The number of aromatic amines is 1. The zero-order valence-corrected chi connectivity index (χ0v) is 18.5. The number of carbonyl (C=O) groups is 4. The lowest BCUT2D eigenvalue weighted by Crippen LogP contribution is -2.71. The highest BCUT2D eigenvalue weighted by atomic mass is 32.2. The number of β-lactam (4-membered cyclic amide) rings is 1. The molecular formula is C17H16N6O6S3. The van der Waals surface area contributed by atoms with Gasteiger partial charge < -0.3 is 21.3 Å². The Morgan fingerprint density at radius 2 is 2.12 bits per heavy atom. The van der Waals surface area contributed by atoms with E-state index in [4.69, 9.17) is 10.8 Å². The molecule has 12 nitrogen and oxygen atoms in total. The van der Waals surface area contributed by atoms with Gasteiger partial charge >= 0.3 is 11.9 Å². The number of aromatic nitrogens is 3. The van der Waals surface area contributed by atoms with Gasteiger partial charge in [-0.1, -0.05) is 17.8 Å². The standard InChI is InChI=1S/C17H16N6O6S3/c18-8(7-2-1-3-30-7)12(24)19-10-14(25)23-11(17(28)29)6(5-32-15(10)23)4-31-13-9(16(26)27)20-22-21-13/h1-3,8,10,15H,4-5,18H2,(H,19,24)(H,26,27)(H,28,29)(H,20,21,22)/t8?,10?,15-/m1/s1. The van der Waals surface area contributed by atoms with E-state index in [0.29, 0.717) is 10.5 Å². The second-order valence-electron chi connectivity index (χ2n) is 6.72. The first kappa shape index (κ1) is 22.3. The topological polar surface area (TPSA) is 192 Å². The van der Waals surface area contributed by atoms with Crippen molar-refractivity contribution in [2.45, 2.75) is 22.5 Å².